The van der Waals surface area contributed by atoms with Crippen LogP contribution in [0.15, 0.2) is 48.5 Å². The predicted molar refractivity (Wildman–Crippen MR) is 148 cm³/mol. The van der Waals surface area contributed by atoms with Gasteiger partial charge in [0.2, 0.25) is 11.7 Å². The van der Waals surface area contributed by atoms with Crippen molar-refractivity contribution in [3.8, 4) is 5.75 Å². The van der Waals surface area contributed by atoms with E-state index in [0.29, 0.717) is 24.2 Å². The Morgan fingerprint density at radius 3 is 2.05 bits per heavy atom. The minimum atomic E-state index is -5.11. The molecule has 0 aliphatic heterocycles. The van der Waals surface area contributed by atoms with E-state index in [0.717, 1.165) is 12.8 Å². The molecule has 0 saturated heterocycles. The van der Waals surface area contributed by atoms with E-state index in [1.165, 1.54) is 58.2 Å². The first-order valence-electron chi connectivity index (χ1n) is 14.1. The average Bonchev–Trinajstić information content (AvgIpc) is 3.44. The number of carbonyl (C=O) groups excluding carboxylic acids is 4. The number of nitrogens with one attached hydrogen (secondary N) is 1. The zero-order chi connectivity index (χ0) is 31.2. The molecule has 42 heavy (non-hydrogen) atoms. The number of halogens is 4. The molecule has 1 aliphatic carbocycles. The molecule has 1 unspecified atom stereocenters. The van der Waals surface area contributed by atoms with Crippen molar-refractivity contribution >= 4 is 23.3 Å². The van der Waals surface area contributed by atoms with E-state index in [9.17, 15) is 36.7 Å². The second-order valence-corrected chi connectivity index (χ2v) is 11.4. The molecular weight excluding hydrogens is 554 g/mol. The number of ether oxygens (including phenoxy) is 1. The van der Waals surface area contributed by atoms with Crippen molar-refractivity contribution in [2.75, 3.05) is 7.11 Å². The summed E-state index contributed by atoms with van der Waals surface area (Å²) in [5.41, 5.74) is -0.457. The molecule has 0 radical (unpaired) electrons. The van der Waals surface area contributed by atoms with E-state index in [4.69, 9.17) is 4.74 Å². The first-order valence-corrected chi connectivity index (χ1v) is 14.1. The average molecular weight is 592 g/mol. The minimum Gasteiger partial charge on any atom is -0.497 e. The lowest BCUT2D eigenvalue weighted by atomic mass is 9.72. The minimum absolute atomic E-state index is 0.217. The third-order valence-corrected chi connectivity index (χ3v) is 8.22. The van der Waals surface area contributed by atoms with Crippen molar-refractivity contribution in [2.24, 2.45) is 17.8 Å². The number of Topliss-reactive ketones (excluding diaryl/α,β-unsaturated/α-hetero) is 3. The van der Waals surface area contributed by atoms with E-state index in [1.807, 2.05) is 0 Å². The van der Waals surface area contributed by atoms with Gasteiger partial charge in [-0.1, -0.05) is 63.9 Å². The molecule has 228 valence electrons. The molecule has 0 bridgehead atoms. The van der Waals surface area contributed by atoms with Gasteiger partial charge < -0.3 is 10.1 Å². The highest BCUT2D eigenvalue weighted by molar-refractivity contribution is 5.97. The maximum atomic E-state index is 14.8. The van der Waals surface area contributed by atoms with Crippen LogP contribution in [0.2, 0.25) is 0 Å². The highest BCUT2D eigenvalue weighted by atomic mass is 19.4. The number of alkyl halides is 3. The maximum absolute atomic E-state index is 14.8. The van der Waals surface area contributed by atoms with Crippen LogP contribution in [0.4, 0.5) is 17.6 Å². The molecule has 1 saturated carbocycles. The zero-order valence-corrected chi connectivity index (χ0v) is 24.2. The molecule has 1 fully saturated rings. The predicted octanol–water partition coefficient (Wildman–Crippen LogP) is 6.46. The normalized spacial score (nSPS) is 16.9. The SMILES string of the molecule is COc1ccc([C@H](NC(=O)[C@H](C)CC(=O)C2(c3ccccc3F)CCCC2)C(=O)CC(C(=O)C(F)(F)F)C(C)C)cc1. The van der Waals surface area contributed by atoms with Gasteiger partial charge in [-0.3, -0.25) is 19.2 Å². The lowest BCUT2D eigenvalue weighted by Crippen LogP contribution is -2.42. The standard InChI is InChI=1S/C32H37F4NO5/c1-19(2)23(29(40)32(34,35)36)18-26(38)28(21-11-13-22(42-4)14-12-21)37-30(41)20(3)17-27(39)31(15-7-8-16-31)24-9-5-6-10-25(24)33/h5-6,9-14,19-20,23,28H,7-8,15-18H2,1-4H3,(H,37,41)/t20-,23?,28+/m1/s1. The molecule has 2 aromatic rings. The van der Waals surface area contributed by atoms with Crippen LogP contribution >= 0.6 is 0 Å². The Hall–Kier alpha value is -3.56. The molecule has 0 heterocycles. The van der Waals surface area contributed by atoms with Gasteiger partial charge in [0.25, 0.3) is 0 Å². The molecule has 2 aromatic carbocycles. The van der Waals surface area contributed by atoms with Crippen molar-refractivity contribution < 1.29 is 41.5 Å². The molecule has 1 N–H and O–H groups in total. The van der Waals surface area contributed by atoms with Crippen LogP contribution in [-0.2, 0) is 24.6 Å². The van der Waals surface area contributed by atoms with Crippen LogP contribution in [-0.4, -0.2) is 36.5 Å². The molecule has 1 aliphatic rings. The van der Waals surface area contributed by atoms with E-state index >= 15 is 0 Å². The Kier molecular flexibility index (Phi) is 10.7. The van der Waals surface area contributed by atoms with Crippen LogP contribution in [0, 0.1) is 23.6 Å². The molecule has 0 aromatic heterocycles. The summed E-state index contributed by atoms with van der Waals surface area (Å²) in [6, 6.07) is 10.8. The second-order valence-electron chi connectivity index (χ2n) is 11.4. The van der Waals surface area contributed by atoms with Crippen LogP contribution < -0.4 is 10.1 Å². The first kappa shape index (κ1) is 32.9. The summed E-state index contributed by atoms with van der Waals surface area (Å²) in [7, 11) is 1.44. The van der Waals surface area contributed by atoms with Gasteiger partial charge in [0.05, 0.1) is 12.5 Å². The fourth-order valence-electron chi connectivity index (χ4n) is 5.70. The third kappa shape index (κ3) is 7.44. The quantitative estimate of drug-likeness (QED) is 0.270. The van der Waals surface area contributed by atoms with Gasteiger partial charge in [-0.05, 0) is 42.5 Å². The summed E-state index contributed by atoms with van der Waals surface area (Å²) < 4.78 is 59.7. The fraction of sp³-hybridized carbons (Fsp3) is 0.500. The number of rotatable bonds is 13. The van der Waals surface area contributed by atoms with Gasteiger partial charge in [-0.25, -0.2) is 4.39 Å². The summed E-state index contributed by atoms with van der Waals surface area (Å²) >= 11 is 0. The number of hydrogen-bond donors (Lipinski definition) is 1. The number of benzene rings is 2. The lowest BCUT2D eigenvalue weighted by Gasteiger charge is -2.30. The monoisotopic (exact) mass is 591 g/mol. The molecule has 10 heteroatoms. The fourth-order valence-corrected chi connectivity index (χ4v) is 5.70. The Labute approximate surface area is 243 Å². The lowest BCUT2D eigenvalue weighted by molar-refractivity contribution is -0.177. The molecule has 1 amide bonds. The second kappa shape index (κ2) is 13.6. The summed E-state index contributed by atoms with van der Waals surface area (Å²) in [6.45, 7) is 4.35. The van der Waals surface area contributed by atoms with Crippen molar-refractivity contribution in [2.45, 2.75) is 76.9 Å². The summed E-state index contributed by atoms with van der Waals surface area (Å²) in [4.78, 5) is 52.5. The molecular formula is C32H37F4NO5. The van der Waals surface area contributed by atoms with E-state index in [1.54, 1.807) is 18.2 Å². The highest BCUT2D eigenvalue weighted by Crippen LogP contribution is 2.44. The number of ketones is 3. The van der Waals surface area contributed by atoms with Crippen LogP contribution in [0.5, 0.6) is 5.75 Å². The molecule has 3 atom stereocenters. The number of carbonyl (C=O) groups is 4. The van der Waals surface area contributed by atoms with Gasteiger partial charge in [-0.2, -0.15) is 13.2 Å². The van der Waals surface area contributed by atoms with Gasteiger partial charge in [0.15, 0.2) is 5.78 Å². The number of amides is 1. The highest BCUT2D eigenvalue weighted by Gasteiger charge is 2.46. The smallest absolute Gasteiger partial charge is 0.450 e. The Balaban J connectivity index is 1.84. The van der Waals surface area contributed by atoms with Crippen LogP contribution in [0.3, 0.4) is 0 Å². The van der Waals surface area contributed by atoms with Gasteiger partial charge in [-0.15, -0.1) is 0 Å². The number of hydrogen-bond acceptors (Lipinski definition) is 5. The largest absolute Gasteiger partial charge is 0.497 e. The van der Waals surface area contributed by atoms with Crippen LogP contribution in [0.1, 0.15) is 76.5 Å². The van der Waals surface area contributed by atoms with Crippen molar-refractivity contribution in [1.82, 2.24) is 5.32 Å². The van der Waals surface area contributed by atoms with Gasteiger partial charge in [0, 0.05) is 30.2 Å². The van der Waals surface area contributed by atoms with E-state index < -0.39 is 65.1 Å². The summed E-state index contributed by atoms with van der Waals surface area (Å²) in [6.07, 6.45) is -3.68. The van der Waals surface area contributed by atoms with E-state index in [-0.39, 0.29) is 17.8 Å². The topological polar surface area (TPSA) is 89.5 Å². The van der Waals surface area contributed by atoms with Crippen molar-refractivity contribution in [3.05, 3.63) is 65.5 Å². The first-order chi connectivity index (χ1) is 19.7. The zero-order valence-electron chi connectivity index (χ0n) is 24.2. The van der Waals surface area contributed by atoms with Gasteiger partial charge >= 0.3 is 6.18 Å². The molecule has 6 nitrogen and oxygen atoms in total. The molecule has 3 rings (SSSR count). The summed E-state index contributed by atoms with van der Waals surface area (Å²) in [5.74, 6) is -7.08. The van der Waals surface area contributed by atoms with Crippen molar-refractivity contribution in [1.29, 1.82) is 0 Å². The molecule has 0 spiro atoms. The number of methoxy groups -OCH3 is 1. The van der Waals surface area contributed by atoms with E-state index in [2.05, 4.69) is 5.32 Å². The Morgan fingerprint density at radius 1 is 0.929 bits per heavy atom. The third-order valence-electron chi connectivity index (χ3n) is 8.22. The van der Waals surface area contributed by atoms with Crippen molar-refractivity contribution in [3.63, 3.8) is 0 Å². The summed E-state index contributed by atoms with van der Waals surface area (Å²) in [5, 5.41) is 2.60. The Morgan fingerprint density at radius 2 is 1.52 bits per heavy atom. The Bertz CT molecular complexity index is 1280. The van der Waals surface area contributed by atoms with Gasteiger partial charge in [0.1, 0.15) is 23.4 Å². The van der Waals surface area contributed by atoms with Crippen LogP contribution in [0.25, 0.3) is 0 Å². The maximum Gasteiger partial charge on any atom is 0.450 e.